The van der Waals surface area contributed by atoms with Crippen molar-refractivity contribution in [1.29, 1.82) is 0 Å². The van der Waals surface area contributed by atoms with Crippen LogP contribution in [0.5, 0.6) is 11.5 Å². The van der Waals surface area contributed by atoms with Crippen LogP contribution in [0.3, 0.4) is 0 Å². The summed E-state index contributed by atoms with van der Waals surface area (Å²) in [6.45, 7) is 2.98. The first-order valence-electron chi connectivity index (χ1n) is 8.99. The van der Waals surface area contributed by atoms with E-state index in [1.54, 1.807) is 42.4 Å². The molecule has 150 valence electrons. The highest BCUT2D eigenvalue weighted by Crippen LogP contribution is 2.30. The Hall–Kier alpha value is -2.57. The molecule has 0 unspecified atom stereocenters. The third kappa shape index (κ3) is 5.49. The van der Waals surface area contributed by atoms with Gasteiger partial charge in [-0.3, -0.25) is 9.48 Å². The van der Waals surface area contributed by atoms with Crippen LogP contribution in [0.2, 0.25) is 5.02 Å². The van der Waals surface area contributed by atoms with Gasteiger partial charge < -0.3 is 9.47 Å². The van der Waals surface area contributed by atoms with Crippen molar-refractivity contribution in [3.63, 3.8) is 0 Å². The lowest BCUT2D eigenvalue weighted by Gasteiger charge is -2.12. The number of rotatable bonds is 8. The molecule has 7 heteroatoms. The predicted octanol–water partition coefficient (Wildman–Crippen LogP) is 5.80. The molecule has 2 aromatic carbocycles. The van der Waals surface area contributed by atoms with Crippen molar-refractivity contribution >= 4 is 39.4 Å². The number of benzene rings is 2. The first-order valence-corrected chi connectivity index (χ1v) is 10.2. The van der Waals surface area contributed by atoms with E-state index in [-0.39, 0.29) is 12.4 Å². The van der Waals surface area contributed by atoms with E-state index in [1.165, 1.54) is 6.08 Å². The molecule has 0 spiro atoms. The molecular weight excluding hydrogens is 456 g/mol. The van der Waals surface area contributed by atoms with Gasteiger partial charge in [0.1, 0.15) is 18.1 Å². The molecule has 0 fully saturated rings. The lowest BCUT2D eigenvalue weighted by atomic mass is 10.1. The molecule has 0 radical (unpaired) electrons. The molecule has 5 nitrogen and oxygen atoms in total. The minimum absolute atomic E-state index is 0.0973. The molecular formula is C22H20BrClN2O3. The van der Waals surface area contributed by atoms with E-state index in [4.69, 9.17) is 21.1 Å². The van der Waals surface area contributed by atoms with Crippen LogP contribution in [0.1, 0.15) is 28.4 Å². The van der Waals surface area contributed by atoms with Gasteiger partial charge in [0.25, 0.3) is 0 Å². The van der Waals surface area contributed by atoms with Gasteiger partial charge >= 0.3 is 0 Å². The van der Waals surface area contributed by atoms with E-state index in [0.29, 0.717) is 22.1 Å². The average molecular weight is 476 g/mol. The summed E-state index contributed by atoms with van der Waals surface area (Å²) in [4.78, 5) is 12.3. The van der Waals surface area contributed by atoms with Gasteiger partial charge in [-0.1, -0.05) is 39.7 Å². The molecule has 0 aliphatic heterocycles. The van der Waals surface area contributed by atoms with Crippen LogP contribution in [-0.2, 0) is 13.2 Å². The number of hydrogen-bond acceptors (Lipinski definition) is 4. The van der Waals surface area contributed by atoms with Gasteiger partial charge in [-0.05, 0) is 48.9 Å². The Morgan fingerprint density at radius 3 is 2.72 bits per heavy atom. The van der Waals surface area contributed by atoms with Gasteiger partial charge in [0.05, 0.1) is 23.9 Å². The molecule has 0 aliphatic carbocycles. The van der Waals surface area contributed by atoms with Crippen molar-refractivity contribution < 1.29 is 14.3 Å². The average Bonchev–Trinajstić information content (AvgIpc) is 3.21. The first kappa shape index (κ1) is 21.1. The Labute approximate surface area is 183 Å². The number of ketones is 1. The van der Waals surface area contributed by atoms with E-state index in [2.05, 4.69) is 21.0 Å². The van der Waals surface area contributed by atoms with Crippen LogP contribution < -0.4 is 9.47 Å². The number of ether oxygens (including phenoxy) is 2. The minimum atomic E-state index is -0.0973. The summed E-state index contributed by atoms with van der Waals surface area (Å²) in [6.07, 6.45) is 6.61. The van der Waals surface area contributed by atoms with Crippen molar-refractivity contribution in [2.24, 2.45) is 0 Å². The van der Waals surface area contributed by atoms with Crippen molar-refractivity contribution in [3.8, 4) is 11.5 Å². The fraction of sp³-hybridized carbons (Fsp3) is 0.182. The van der Waals surface area contributed by atoms with Gasteiger partial charge in [0.15, 0.2) is 5.78 Å². The number of hydrogen-bond donors (Lipinski definition) is 0. The Balaban J connectivity index is 1.74. The number of carbonyl (C=O) groups excluding carboxylic acids is 1. The normalized spacial score (nSPS) is 11.0. The van der Waals surface area contributed by atoms with E-state index in [1.807, 2.05) is 31.2 Å². The number of methoxy groups -OCH3 is 1. The molecule has 0 saturated heterocycles. The lowest BCUT2D eigenvalue weighted by molar-refractivity contribution is 0.104. The largest absolute Gasteiger partial charge is 0.496 e. The number of carbonyl (C=O) groups is 1. The summed E-state index contributed by atoms with van der Waals surface area (Å²) < 4.78 is 13.9. The van der Waals surface area contributed by atoms with Gasteiger partial charge in [0, 0.05) is 22.8 Å². The quantitative estimate of drug-likeness (QED) is 0.305. The van der Waals surface area contributed by atoms with Gasteiger partial charge in [-0.15, -0.1) is 0 Å². The number of aromatic nitrogens is 2. The second-order valence-electron chi connectivity index (χ2n) is 6.22. The van der Waals surface area contributed by atoms with Crippen LogP contribution in [0.25, 0.3) is 6.08 Å². The molecule has 1 aromatic heterocycles. The number of nitrogens with zero attached hydrogens (tertiary/aromatic N) is 2. The maximum Gasteiger partial charge on any atom is 0.189 e. The lowest BCUT2D eigenvalue weighted by Crippen LogP contribution is -2.00. The number of aryl methyl sites for hydroxylation is 1. The van der Waals surface area contributed by atoms with E-state index in [0.717, 1.165) is 22.1 Å². The minimum Gasteiger partial charge on any atom is -0.496 e. The van der Waals surface area contributed by atoms with Crippen LogP contribution in [0.4, 0.5) is 0 Å². The monoisotopic (exact) mass is 474 g/mol. The summed E-state index contributed by atoms with van der Waals surface area (Å²) in [7, 11) is 1.61. The first-order chi connectivity index (χ1) is 14.0. The molecule has 0 atom stereocenters. The fourth-order valence-corrected chi connectivity index (χ4v) is 3.42. The Morgan fingerprint density at radius 1 is 1.24 bits per heavy atom. The molecule has 1 heterocycles. The third-order valence-electron chi connectivity index (χ3n) is 4.25. The summed E-state index contributed by atoms with van der Waals surface area (Å²) in [6, 6.07) is 11.1. The Morgan fingerprint density at radius 2 is 2.03 bits per heavy atom. The Kier molecular flexibility index (Phi) is 7.12. The molecule has 0 N–H and O–H groups in total. The molecule has 0 amide bonds. The maximum atomic E-state index is 12.3. The van der Waals surface area contributed by atoms with E-state index >= 15 is 0 Å². The van der Waals surface area contributed by atoms with Crippen molar-refractivity contribution in [2.75, 3.05) is 7.11 Å². The summed E-state index contributed by atoms with van der Waals surface area (Å²) in [5, 5.41) is 4.65. The highest BCUT2D eigenvalue weighted by Gasteiger charge is 2.09. The SMILES string of the molecule is CCn1cc(C(=O)/C=C/c2ccc(OC)c(COc3ccc(Br)cc3Cl)c2)cn1. The van der Waals surface area contributed by atoms with Crippen LogP contribution in [0.15, 0.2) is 59.3 Å². The summed E-state index contributed by atoms with van der Waals surface area (Å²) in [5.74, 6) is 1.19. The summed E-state index contributed by atoms with van der Waals surface area (Å²) in [5.41, 5.74) is 2.27. The highest BCUT2D eigenvalue weighted by molar-refractivity contribution is 9.10. The second-order valence-corrected chi connectivity index (χ2v) is 7.54. The van der Waals surface area contributed by atoms with Gasteiger partial charge in [-0.25, -0.2) is 0 Å². The van der Waals surface area contributed by atoms with Crippen LogP contribution >= 0.6 is 27.5 Å². The van der Waals surface area contributed by atoms with Gasteiger partial charge in [0.2, 0.25) is 0 Å². The zero-order chi connectivity index (χ0) is 20.8. The molecule has 29 heavy (non-hydrogen) atoms. The second kappa shape index (κ2) is 9.76. The third-order valence-corrected chi connectivity index (χ3v) is 5.04. The topological polar surface area (TPSA) is 53.4 Å². The standard InChI is InChI=1S/C22H20BrClN2O3/c1-3-26-13-17(12-25-26)20(27)7-4-15-5-8-21(28-2)16(10-15)14-29-22-9-6-18(23)11-19(22)24/h4-13H,3,14H2,1-2H3/b7-4+. The number of halogens is 2. The zero-order valence-electron chi connectivity index (χ0n) is 16.1. The molecule has 0 saturated carbocycles. The van der Waals surface area contributed by atoms with Gasteiger partial charge in [-0.2, -0.15) is 5.10 Å². The van der Waals surface area contributed by atoms with Crippen molar-refractivity contribution in [3.05, 3.63) is 81.1 Å². The maximum absolute atomic E-state index is 12.3. The fourth-order valence-electron chi connectivity index (χ4n) is 2.69. The molecule has 0 aliphatic rings. The number of allylic oxidation sites excluding steroid dienone is 1. The summed E-state index contributed by atoms with van der Waals surface area (Å²) >= 11 is 9.59. The van der Waals surface area contributed by atoms with Crippen LogP contribution in [-0.4, -0.2) is 22.7 Å². The smallest absolute Gasteiger partial charge is 0.189 e. The highest BCUT2D eigenvalue weighted by atomic mass is 79.9. The van der Waals surface area contributed by atoms with Crippen molar-refractivity contribution in [2.45, 2.75) is 20.1 Å². The van der Waals surface area contributed by atoms with E-state index < -0.39 is 0 Å². The van der Waals surface area contributed by atoms with Crippen LogP contribution in [0, 0.1) is 0 Å². The van der Waals surface area contributed by atoms with E-state index in [9.17, 15) is 4.79 Å². The molecule has 3 rings (SSSR count). The molecule has 3 aromatic rings. The zero-order valence-corrected chi connectivity index (χ0v) is 18.4. The predicted molar refractivity (Wildman–Crippen MR) is 118 cm³/mol. The molecule has 0 bridgehead atoms. The Bertz CT molecular complexity index is 1050. The van der Waals surface area contributed by atoms with Crippen molar-refractivity contribution in [1.82, 2.24) is 9.78 Å².